The summed E-state index contributed by atoms with van der Waals surface area (Å²) in [6.07, 6.45) is 0. The first-order valence-corrected chi connectivity index (χ1v) is 7.34. The summed E-state index contributed by atoms with van der Waals surface area (Å²) < 4.78 is 5.39. The van der Waals surface area contributed by atoms with Gasteiger partial charge in [0.25, 0.3) is 5.91 Å². The van der Waals surface area contributed by atoms with Crippen molar-refractivity contribution in [3.63, 3.8) is 0 Å². The fraction of sp³-hybridized carbons (Fsp3) is 0.250. The van der Waals surface area contributed by atoms with Gasteiger partial charge in [-0.15, -0.1) is 5.10 Å². The molecule has 118 valence electrons. The average molecular weight is 331 g/mol. The van der Waals surface area contributed by atoms with Crippen LogP contribution in [0.4, 0.5) is 0 Å². The molecular formula is C16H15ClN4O2. The number of hydrogen-bond acceptors (Lipinski definition) is 5. The molecule has 1 atom stereocenters. The highest BCUT2D eigenvalue weighted by Crippen LogP contribution is 2.33. The standard InChI is InChI=1S/C16H15ClN4O2/c1-3-19-16(22)11-6-4-5-10(15(11)23-2)12(9-18)13-7-8-14(17)21-20-13/h4-8,12H,3H2,1-2H3,(H,19,22). The van der Waals surface area contributed by atoms with Crippen LogP contribution in [0.2, 0.25) is 5.15 Å². The zero-order chi connectivity index (χ0) is 16.8. The van der Waals surface area contributed by atoms with E-state index in [4.69, 9.17) is 16.3 Å². The van der Waals surface area contributed by atoms with Crippen LogP contribution in [-0.4, -0.2) is 29.8 Å². The van der Waals surface area contributed by atoms with Crippen molar-refractivity contribution < 1.29 is 9.53 Å². The third-order valence-electron chi connectivity index (χ3n) is 3.22. The van der Waals surface area contributed by atoms with Crippen molar-refractivity contribution >= 4 is 17.5 Å². The molecule has 1 aromatic carbocycles. The van der Waals surface area contributed by atoms with Crippen LogP contribution in [-0.2, 0) is 0 Å². The van der Waals surface area contributed by atoms with E-state index in [0.29, 0.717) is 29.1 Å². The molecule has 0 saturated carbocycles. The van der Waals surface area contributed by atoms with E-state index in [0.717, 1.165) is 0 Å². The molecule has 0 bridgehead atoms. The number of para-hydroxylation sites is 1. The van der Waals surface area contributed by atoms with Gasteiger partial charge in [0.1, 0.15) is 11.7 Å². The maximum atomic E-state index is 12.1. The van der Waals surface area contributed by atoms with Crippen LogP contribution in [0.1, 0.15) is 34.5 Å². The quantitative estimate of drug-likeness (QED) is 0.910. The zero-order valence-electron chi connectivity index (χ0n) is 12.7. The highest BCUT2D eigenvalue weighted by molar-refractivity contribution is 6.29. The number of carbonyl (C=O) groups excluding carboxylic acids is 1. The van der Waals surface area contributed by atoms with E-state index >= 15 is 0 Å². The van der Waals surface area contributed by atoms with E-state index in [2.05, 4.69) is 21.6 Å². The number of hydrogen-bond donors (Lipinski definition) is 1. The molecular weight excluding hydrogens is 316 g/mol. The number of rotatable bonds is 5. The fourth-order valence-corrected chi connectivity index (χ4v) is 2.32. The summed E-state index contributed by atoms with van der Waals surface area (Å²) in [6.45, 7) is 2.33. The number of halogens is 1. The summed E-state index contributed by atoms with van der Waals surface area (Å²) in [4.78, 5) is 12.1. The highest BCUT2D eigenvalue weighted by Gasteiger charge is 2.23. The summed E-state index contributed by atoms with van der Waals surface area (Å²) in [6, 6.07) is 10.4. The molecule has 2 aromatic rings. The molecule has 1 aromatic heterocycles. The first-order valence-electron chi connectivity index (χ1n) is 6.96. The average Bonchev–Trinajstić information content (AvgIpc) is 2.57. The minimum absolute atomic E-state index is 0.244. The van der Waals surface area contributed by atoms with Gasteiger partial charge in [-0.25, -0.2) is 0 Å². The maximum absolute atomic E-state index is 12.1. The third kappa shape index (κ3) is 3.58. The lowest BCUT2D eigenvalue weighted by molar-refractivity contribution is 0.0952. The van der Waals surface area contributed by atoms with Gasteiger partial charge in [0.2, 0.25) is 0 Å². The van der Waals surface area contributed by atoms with Gasteiger partial charge in [-0.1, -0.05) is 23.7 Å². The Morgan fingerprint density at radius 3 is 2.74 bits per heavy atom. The number of ether oxygens (including phenoxy) is 1. The zero-order valence-corrected chi connectivity index (χ0v) is 13.5. The van der Waals surface area contributed by atoms with E-state index in [1.807, 2.05) is 6.92 Å². The molecule has 1 heterocycles. The molecule has 0 radical (unpaired) electrons. The molecule has 0 fully saturated rings. The number of nitriles is 1. The van der Waals surface area contributed by atoms with E-state index in [-0.39, 0.29) is 11.1 Å². The van der Waals surface area contributed by atoms with Crippen LogP contribution in [0.15, 0.2) is 30.3 Å². The van der Waals surface area contributed by atoms with Crippen molar-refractivity contribution in [2.45, 2.75) is 12.8 Å². The summed E-state index contributed by atoms with van der Waals surface area (Å²) in [5, 5.41) is 20.2. The number of benzene rings is 1. The molecule has 0 aliphatic carbocycles. The van der Waals surface area contributed by atoms with Crippen molar-refractivity contribution in [2.75, 3.05) is 13.7 Å². The van der Waals surface area contributed by atoms with E-state index in [1.165, 1.54) is 7.11 Å². The smallest absolute Gasteiger partial charge is 0.255 e. The second-order valence-corrected chi connectivity index (χ2v) is 5.02. The number of aromatic nitrogens is 2. The van der Waals surface area contributed by atoms with Crippen molar-refractivity contribution in [1.29, 1.82) is 5.26 Å². The molecule has 0 saturated heterocycles. The van der Waals surface area contributed by atoms with Gasteiger partial charge in [0.05, 0.1) is 24.4 Å². The van der Waals surface area contributed by atoms with Crippen LogP contribution >= 0.6 is 11.6 Å². The minimum Gasteiger partial charge on any atom is -0.496 e. The van der Waals surface area contributed by atoms with Gasteiger partial charge in [-0.2, -0.15) is 10.4 Å². The van der Waals surface area contributed by atoms with E-state index < -0.39 is 5.92 Å². The van der Waals surface area contributed by atoms with Gasteiger partial charge in [-0.05, 0) is 25.1 Å². The molecule has 0 aliphatic heterocycles. The van der Waals surface area contributed by atoms with Crippen molar-refractivity contribution in [3.05, 3.63) is 52.3 Å². The van der Waals surface area contributed by atoms with Crippen LogP contribution in [0.3, 0.4) is 0 Å². The Balaban J connectivity index is 2.52. The number of nitrogens with zero attached hydrogens (tertiary/aromatic N) is 3. The Bertz CT molecular complexity index is 741. The molecule has 2 rings (SSSR count). The fourth-order valence-electron chi connectivity index (χ4n) is 2.22. The minimum atomic E-state index is -0.718. The molecule has 1 unspecified atom stereocenters. The summed E-state index contributed by atoms with van der Waals surface area (Å²) in [5.41, 5.74) is 1.35. The highest BCUT2D eigenvalue weighted by atomic mass is 35.5. The molecule has 1 amide bonds. The number of methoxy groups -OCH3 is 1. The lowest BCUT2D eigenvalue weighted by atomic mass is 9.93. The van der Waals surface area contributed by atoms with E-state index in [9.17, 15) is 10.1 Å². The molecule has 1 N–H and O–H groups in total. The molecule has 7 heteroatoms. The first kappa shape index (κ1) is 16.7. The van der Waals surface area contributed by atoms with Crippen LogP contribution in [0.5, 0.6) is 5.75 Å². The van der Waals surface area contributed by atoms with Crippen molar-refractivity contribution in [3.8, 4) is 11.8 Å². The van der Waals surface area contributed by atoms with Gasteiger partial charge in [-0.3, -0.25) is 4.79 Å². The second-order valence-electron chi connectivity index (χ2n) is 4.63. The molecule has 0 aliphatic rings. The Labute approximate surface area is 139 Å². The SMILES string of the molecule is CCNC(=O)c1cccc(C(C#N)c2ccc(Cl)nn2)c1OC. The van der Waals surface area contributed by atoms with Crippen LogP contribution in [0, 0.1) is 11.3 Å². The first-order chi connectivity index (χ1) is 11.1. The topological polar surface area (TPSA) is 87.9 Å². The lowest BCUT2D eigenvalue weighted by Crippen LogP contribution is -2.23. The summed E-state index contributed by atoms with van der Waals surface area (Å²) in [7, 11) is 1.46. The Kier molecular flexibility index (Phi) is 5.50. The number of carbonyl (C=O) groups is 1. The van der Waals surface area contributed by atoms with Crippen molar-refractivity contribution in [2.24, 2.45) is 0 Å². The van der Waals surface area contributed by atoms with Crippen molar-refractivity contribution in [1.82, 2.24) is 15.5 Å². The Morgan fingerprint density at radius 2 is 2.17 bits per heavy atom. The molecule has 0 spiro atoms. The van der Waals surface area contributed by atoms with Crippen LogP contribution < -0.4 is 10.1 Å². The summed E-state index contributed by atoms with van der Waals surface area (Å²) >= 11 is 5.73. The number of amides is 1. The Morgan fingerprint density at radius 1 is 1.39 bits per heavy atom. The Hall–Kier alpha value is -2.65. The second kappa shape index (κ2) is 7.56. The molecule has 6 nitrogen and oxygen atoms in total. The largest absolute Gasteiger partial charge is 0.496 e. The van der Waals surface area contributed by atoms with Gasteiger partial charge in [0, 0.05) is 12.1 Å². The normalized spacial score (nSPS) is 11.4. The lowest BCUT2D eigenvalue weighted by Gasteiger charge is -2.16. The van der Waals surface area contributed by atoms with Gasteiger partial charge in [0.15, 0.2) is 5.15 Å². The molecule has 23 heavy (non-hydrogen) atoms. The monoisotopic (exact) mass is 330 g/mol. The maximum Gasteiger partial charge on any atom is 0.255 e. The van der Waals surface area contributed by atoms with Gasteiger partial charge < -0.3 is 10.1 Å². The number of nitrogens with one attached hydrogen (secondary N) is 1. The van der Waals surface area contributed by atoms with Crippen LogP contribution in [0.25, 0.3) is 0 Å². The summed E-state index contributed by atoms with van der Waals surface area (Å²) in [5.74, 6) is -0.629. The third-order valence-corrected chi connectivity index (χ3v) is 3.42. The predicted octanol–water partition coefficient (Wildman–Crippen LogP) is 2.54. The predicted molar refractivity (Wildman–Crippen MR) is 85.5 cm³/mol. The van der Waals surface area contributed by atoms with E-state index in [1.54, 1.807) is 30.3 Å². The van der Waals surface area contributed by atoms with Gasteiger partial charge >= 0.3 is 0 Å².